The van der Waals surface area contributed by atoms with Crippen LogP contribution >= 0.6 is 11.8 Å². The maximum atomic E-state index is 3.57. The Morgan fingerprint density at radius 2 is 1.58 bits per heavy atom. The largest absolute Gasteiger partial charge is 0.380 e. The van der Waals surface area contributed by atoms with Gasteiger partial charge in [-0.05, 0) is 35.4 Å². The van der Waals surface area contributed by atoms with Crippen LogP contribution in [0.15, 0.2) is 53.4 Å². The summed E-state index contributed by atoms with van der Waals surface area (Å²) in [6.45, 7) is 5.29. The van der Waals surface area contributed by atoms with Crippen molar-refractivity contribution in [3.05, 3.63) is 59.7 Å². The van der Waals surface area contributed by atoms with Crippen molar-refractivity contribution in [1.82, 2.24) is 0 Å². The van der Waals surface area contributed by atoms with Gasteiger partial charge in [-0.2, -0.15) is 0 Å². The molecule has 0 saturated carbocycles. The summed E-state index contributed by atoms with van der Waals surface area (Å²) in [5.74, 6) is 1.10. The zero-order chi connectivity index (χ0) is 13.5. The minimum Gasteiger partial charge on any atom is -0.380 e. The van der Waals surface area contributed by atoms with Crippen LogP contribution in [0.5, 0.6) is 0 Å². The maximum absolute atomic E-state index is 3.57. The number of para-hydroxylation sites is 1. The highest BCUT2D eigenvalue weighted by atomic mass is 32.2. The van der Waals surface area contributed by atoms with Gasteiger partial charge >= 0.3 is 0 Å². The molecule has 0 aliphatic heterocycles. The SMILES string of the molecule is CCSc1ccccc1NCc1ccccc1CC. The van der Waals surface area contributed by atoms with Crippen molar-refractivity contribution in [2.45, 2.75) is 31.7 Å². The summed E-state index contributed by atoms with van der Waals surface area (Å²) in [5, 5.41) is 3.57. The summed E-state index contributed by atoms with van der Waals surface area (Å²) >= 11 is 1.88. The Hall–Kier alpha value is -1.41. The molecule has 0 fully saturated rings. The molecule has 0 atom stereocenters. The van der Waals surface area contributed by atoms with Gasteiger partial charge in [0, 0.05) is 17.1 Å². The standard InChI is InChI=1S/C17H21NS/c1-3-14-9-5-6-10-15(14)13-18-16-11-7-8-12-17(16)19-4-2/h5-12,18H,3-4,13H2,1-2H3. The molecule has 0 radical (unpaired) electrons. The van der Waals surface area contributed by atoms with Crippen LogP contribution in [0.25, 0.3) is 0 Å². The summed E-state index contributed by atoms with van der Waals surface area (Å²) in [6, 6.07) is 17.2. The van der Waals surface area contributed by atoms with Crippen molar-refractivity contribution < 1.29 is 0 Å². The number of thioether (sulfide) groups is 1. The van der Waals surface area contributed by atoms with Crippen molar-refractivity contribution in [1.29, 1.82) is 0 Å². The van der Waals surface area contributed by atoms with E-state index in [1.165, 1.54) is 21.7 Å². The molecule has 2 rings (SSSR count). The highest BCUT2D eigenvalue weighted by molar-refractivity contribution is 7.99. The molecule has 0 spiro atoms. The quantitative estimate of drug-likeness (QED) is 0.744. The molecule has 2 aromatic rings. The van der Waals surface area contributed by atoms with E-state index in [0.29, 0.717) is 0 Å². The molecule has 2 heteroatoms. The molecular formula is C17H21NS. The van der Waals surface area contributed by atoms with Crippen LogP contribution in [0.2, 0.25) is 0 Å². The van der Waals surface area contributed by atoms with Crippen molar-refractivity contribution in [3.63, 3.8) is 0 Å². The Labute approximate surface area is 120 Å². The zero-order valence-corrected chi connectivity index (χ0v) is 12.5. The van der Waals surface area contributed by atoms with Crippen LogP contribution < -0.4 is 5.32 Å². The van der Waals surface area contributed by atoms with Crippen LogP contribution in [-0.4, -0.2) is 5.75 Å². The first kappa shape index (κ1) is 14.0. The number of aryl methyl sites for hydroxylation is 1. The Morgan fingerprint density at radius 3 is 2.32 bits per heavy atom. The molecule has 1 N–H and O–H groups in total. The summed E-state index contributed by atoms with van der Waals surface area (Å²) in [5.41, 5.74) is 4.05. The lowest BCUT2D eigenvalue weighted by Gasteiger charge is -2.13. The zero-order valence-electron chi connectivity index (χ0n) is 11.6. The lowest BCUT2D eigenvalue weighted by Crippen LogP contribution is -2.03. The van der Waals surface area contributed by atoms with Crippen LogP contribution in [0.3, 0.4) is 0 Å². The van der Waals surface area contributed by atoms with E-state index in [9.17, 15) is 0 Å². The van der Waals surface area contributed by atoms with Crippen LogP contribution in [0.1, 0.15) is 25.0 Å². The van der Waals surface area contributed by atoms with Gasteiger partial charge in [-0.25, -0.2) is 0 Å². The Balaban J connectivity index is 2.10. The summed E-state index contributed by atoms with van der Waals surface area (Å²) < 4.78 is 0. The summed E-state index contributed by atoms with van der Waals surface area (Å²) in [7, 11) is 0. The fourth-order valence-corrected chi connectivity index (χ4v) is 2.94. The maximum Gasteiger partial charge on any atom is 0.0481 e. The smallest absolute Gasteiger partial charge is 0.0481 e. The average molecular weight is 271 g/mol. The molecule has 0 bridgehead atoms. The highest BCUT2D eigenvalue weighted by Crippen LogP contribution is 2.27. The monoisotopic (exact) mass is 271 g/mol. The van der Waals surface area contributed by atoms with Crippen molar-refractivity contribution in [3.8, 4) is 0 Å². The van der Waals surface area contributed by atoms with Crippen molar-refractivity contribution in [2.75, 3.05) is 11.1 Å². The van der Waals surface area contributed by atoms with E-state index < -0.39 is 0 Å². The molecule has 0 amide bonds. The first-order chi connectivity index (χ1) is 9.35. The van der Waals surface area contributed by atoms with Gasteiger partial charge in [-0.1, -0.05) is 50.2 Å². The highest BCUT2D eigenvalue weighted by Gasteiger charge is 2.03. The fraction of sp³-hybridized carbons (Fsp3) is 0.294. The van der Waals surface area contributed by atoms with E-state index in [0.717, 1.165) is 18.7 Å². The molecule has 19 heavy (non-hydrogen) atoms. The van der Waals surface area contributed by atoms with E-state index in [1.807, 2.05) is 11.8 Å². The Morgan fingerprint density at radius 1 is 0.895 bits per heavy atom. The minimum absolute atomic E-state index is 0.894. The summed E-state index contributed by atoms with van der Waals surface area (Å²) in [4.78, 5) is 1.33. The first-order valence-corrected chi connectivity index (χ1v) is 7.86. The second-order valence-corrected chi connectivity index (χ2v) is 5.71. The molecule has 0 heterocycles. The molecule has 2 aromatic carbocycles. The Bertz CT molecular complexity index is 522. The van der Waals surface area contributed by atoms with Crippen molar-refractivity contribution >= 4 is 17.4 Å². The third-order valence-electron chi connectivity index (χ3n) is 3.16. The molecule has 0 aliphatic rings. The lowest BCUT2D eigenvalue weighted by atomic mass is 10.1. The predicted molar refractivity (Wildman–Crippen MR) is 86.0 cm³/mol. The number of nitrogens with one attached hydrogen (secondary N) is 1. The molecule has 0 aliphatic carbocycles. The van der Waals surface area contributed by atoms with Crippen LogP contribution in [-0.2, 0) is 13.0 Å². The normalized spacial score (nSPS) is 10.4. The third kappa shape index (κ3) is 3.77. The van der Waals surface area contributed by atoms with E-state index >= 15 is 0 Å². The van der Waals surface area contributed by atoms with Crippen molar-refractivity contribution in [2.24, 2.45) is 0 Å². The number of benzene rings is 2. The third-order valence-corrected chi connectivity index (χ3v) is 4.11. The molecule has 100 valence electrons. The Kier molecular flexibility index (Phi) is 5.34. The van der Waals surface area contributed by atoms with Gasteiger partial charge in [-0.3, -0.25) is 0 Å². The van der Waals surface area contributed by atoms with E-state index in [1.54, 1.807) is 0 Å². The van der Waals surface area contributed by atoms with Gasteiger partial charge in [0.15, 0.2) is 0 Å². The number of anilines is 1. The van der Waals surface area contributed by atoms with Gasteiger partial charge < -0.3 is 5.32 Å². The van der Waals surface area contributed by atoms with Crippen LogP contribution in [0.4, 0.5) is 5.69 Å². The molecule has 0 aromatic heterocycles. The molecule has 0 saturated heterocycles. The summed E-state index contributed by atoms with van der Waals surface area (Å²) in [6.07, 6.45) is 1.09. The predicted octanol–water partition coefficient (Wildman–Crippen LogP) is 4.97. The van der Waals surface area contributed by atoms with Gasteiger partial charge in [0.05, 0.1) is 0 Å². The lowest BCUT2D eigenvalue weighted by molar-refractivity contribution is 1.04. The topological polar surface area (TPSA) is 12.0 Å². The number of hydrogen-bond acceptors (Lipinski definition) is 2. The van der Waals surface area contributed by atoms with E-state index in [-0.39, 0.29) is 0 Å². The number of hydrogen-bond donors (Lipinski definition) is 1. The molecular weight excluding hydrogens is 250 g/mol. The van der Waals surface area contributed by atoms with E-state index in [2.05, 4.69) is 67.7 Å². The van der Waals surface area contributed by atoms with Gasteiger partial charge in [0.2, 0.25) is 0 Å². The fourth-order valence-electron chi connectivity index (χ4n) is 2.16. The molecule has 1 nitrogen and oxygen atoms in total. The molecule has 0 unspecified atom stereocenters. The second kappa shape index (κ2) is 7.25. The van der Waals surface area contributed by atoms with Gasteiger partial charge in [-0.15, -0.1) is 11.8 Å². The van der Waals surface area contributed by atoms with E-state index in [4.69, 9.17) is 0 Å². The first-order valence-electron chi connectivity index (χ1n) is 6.87. The number of rotatable bonds is 6. The average Bonchev–Trinajstić information content (AvgIpc) is 2.47. The van der Waals surface area contributed by atoms with Gasteiger partial charge in [0.25, 0.3) is 0 Å². The minimum atomic E-state index is 0.894. The van der Waals surface area contributed by atoms with Gasteiger partial charge in [0.1, 0.15) is 0 Å². The van der Waals surface area contributed by atoms with Crippen LogP contribution in [0, 0.1) is 0 Å². The second-order valence-electron chi connectivity index (χ2n) is 4.40.